The van der Waals surface area contributed by atoms with E-state index in [0.29, 0.717) is 45.3 Å². The Morgan fingerprint density at radius 2 is 1.93 bits per heavy atom. The first-order valence-corrected chi connectivity index (χ1v) is 5.40. The van der Waals surface area contributed by atoms with Crippen LogP contribution in [0.3, 0.4) is 0 Å². The highest BCUT2D eigenvalue weighted by Gasteiger charge is 2.40. The van der Waals surface area contributed by atoms with E-state index in [4.69, 9.17) is 23.3 Å². The van der Waals surface area contributed by atoms with E-state index in [0.717, 1.165) is 0 Å². The van der Waals surface area contributed by atoms with Crippen LogP contribution in [-0.4, -0.2) is 25.8 Å². The Morgan fingerprint density at radius 3 is 2.47 bits per heavy atom. The molecule has 0 saturated carbocycles. The molecule has 1 fully saturated rings. The van der Waals surface area contributed by atoms with Crippen molar-refractivity contribution < 1.29 is 14.3 Å². The summed E-state index contributed by atoms with van der Waals surface area (Å²) >= 11 is 0. The second-order valence-electron chi connectivity index (χ2n) is 3.86. The van der Waals surface area contributed by atoms with Gasteiger partial charge in [0.15, 0.2) is 0 Å². The molecule has 0 atom stereocenters. The van der Waals surface area contributed by atoms with Crippen LogP contribution in [0.2, 0.25) is 0 Å². The zero-order chi connectivity index (χ0) is 11.1. The van der Waals surface area contributed by atoms with Crippen LogP contribution in [0.25, 0.3) is 0 Å². The minimum absolute atomic E-state index is 0.165. The molecule has 0 amide bonds. The van der Waals surface area contributed by atoms with Crippen molar-refractivity contribution in [2.45, 2.75) is 32.1 Å². The molecule has 0 unspecified atom stereocenters. The number of ether oxygens (including phenoxy) is 2. The third-order valence-corrected chi connectivity index (χ3v) is 2.86. The molecule has 0 aliphatic carbocycles. The van der Waals surface area contributed by atoms with Crippen molar-refractivity contribution in [3.63, 3.8) is 0 Å². The third kappa shape index (κ3) is 3.20. The first-order valence-electron chi connectivity index (χ1n) is 5.40. The predicted molar refractivity (Wildman–Crippen MR) is 55.9 cm³/mol. The van der Waals surface area contributed by atoms with Gasteiger partial charge in [-0.3, -0.25) is 4.79 Å². The summed E-state index contributed by atoms with van der Waals surface area (Å²) in [5.74, 6) is -0.165. The Balaban J connectivity index is 2.57. The van der Waals surface area contributed by atoms with Gasteiger partial charge in [-0.05, 0) is 46.0 Å². The number of esters is 1. The van der Waals surface area contributed by atoms with E-state index in [2.05, 4.69) is 0 Å². The molecule has 1 aliphatic rings. The van der Waals surface area contributed by atoms with Crippen molar-refractivity contribution in [1.29, 1.82) is 0 Å². The Morgan fingerprint density at radius 1 is 1.27 bits per heavy atom. The lowest BCUT2D eigenvalue weighted by molar-refractivity contribution is -0.162. The van der Waals surface area contributed by atoms with E-state index >= 15 is 0 Å². The monoisotopic (exact) mass is 210 g/mol. The molecule has 1 saturated heterocycles. The lowest BCUT2D eigenvalue weighted by Crippen LogP contribution is -2.38. The lowest BCUT2D eigenvalue weighted by atomic mass is 9.76. The largest absolute Gasteiger partial charge is 0.465 e. The van der Waals surface area contributed by atoms with E-state index in [9.17, 15) is 4.79 Å². The van der Waals surface area contributed by atoms with Crippen molar-refractivity contribution in [2.24, 2.45) is 5.41 Å². The summed E-state index contributed by atoms with van der Waals surface area (Å²) in [7, 11) is 0. The zero-order valence-electron chi connectivity index (χ0n) is 9.04. The smallest absolute Gasteiger partial charge is 0.312 e. The van der Waals surface area contributed by atoms with Gasteiger partial charge < -0.3 is 9.47 Å². The molecule has 0 aromatic carbocycles. The van der Waals surface area contributed by atoms with E-state index in [-0.39, 0.29) is 12.6 Å². The maximum atomic E-state index is 11.9. The fourth-order valence-corrected chi connectivity index (χ4v) is 1.90. The first-order chi connectivity index (χ1) is 7.25. The van der Waals surface area contributed by atoms with E-state index in [1.165, 1.54) is 0 Å². The number of rotatable bonds is 5. The molecule has 1 aliphatic heterocycles. The first kappa shape index (κ1) is 12.5. The fourth-order valence-electron chi connectivity index (χ4n) is 1.90. The van der Waals surface area contributed by atoms with Crippen LogP contribution >= 0.6 is 0 Å². The normalized spacial score (nSPS) is 19.9. The molecular formula is C12H18O3. The van der Waals surface area contributed by atoms with Crippen molar-refractivity contribution in [2.75, 3.05) is 19.8 Å². The van der Waals surface area contributed by atoms with E-state index < -0.39 is 5.41 Å². The number of carbonyl (C=O) groups is 1. The second kappa shape index (κ2) is 6.11. The Bertz CT molecular complexity index is 190. The highest BCUT2D eigenvalue weighted by molar-refractivity contribution is 5.77. The molecule has 4 radical (unpaired) electrons. The number of hydrogen-bond acceptors (Lipinski definition) is 3. The SMILES string of the molecule is [CH]CCOC(=O)C1(CC[CH])CCOCC1. The van der Waals surface area contributed by atoms with Crippen LogP contribution in [0.5, 0.6) is 0 Å². The molecule has 0 aromatic rings. The van der Waals surface area contributed by atoms with Gasteiger partial charge in [0.1, 0.15) is 0 Å². The van der Waals surface area contributed by atoms with Gasteiger partial charge in [-0.25, -0.2) is 0 Å². The molecule has 3 nitrogen and oxygen atoms in total. The summed E-state index contributed by atoms with van der Waals surface area (Å²) in [6.07, 6.45) is 2.93. The summed E-state index contributed by atoms with van der Waals surface area (Å²) in [6, 6.07) is 0. The second-order valence-corrected chi connectivity index (χ2v) is 3.86. The van der Waals surface area contributed by atoms with Gasteiger partial charge in [0, 0.05) is 13.2 Å². The van der Waals surface area contributed by atoms with Crippen LogP contribution in [-0.2, 0) is 14.3 Å². The van der Waals surface area contributed by atoms with Gasteiger partial charge in [-0.2, -0.15) is 0 Å². The Kier molecular flexibility index (Phi) is 5.09. The topological polar surface area (TPSA) is 35.5 Å². The predicted octanol–water partition coefficient (Wildman–Crippen LogP) is 1.92. The summed E-state index contributed by atoms with van der Waals surface area (Å²) in [4.78, 5) is 11.9. The van der Waals surface area contributed by atoms with Crippen molar-refractivity contribution in [3.05, 3.63) is 13.8 Å². The average Bonchev–Trinajstić information content (AvgIpc) is 2.27. The molecule has 3 heteroatoms. The third-order valence-electron chi connectivity index (χ3n) is 2.86. The maximum Gasteiger partial charge on any atom is 0.312 e. The molecular weight excluding hydrogens is 192 g/mol. The maximum absolute atomic E-state index is 11.9. The molecule has 0 N–H and O–H groups in total. The van der Waals surface area contributed by atoms with Gasteiger partial charge in [0.2, 0.25) is 0 Å². The standard InChI is InChI=1S/C12H18O3/c1-3-5-12(6-9-14-10-7-12)11(13)15-8-4-2/h1-2H,3-10H2. The molecule has 0 aromatic heterocycles. The van der Waals surface area contributed by atoms with Gasteiger partial charge >= 0.3 is 5.97 Å². The molecule has 84 valence electrons. The fraction of sp³-hybridized carbons (Fsp3) is 0.750. The average molecular weight is 210 g/mol. The highest BCUT2D eigenvalue weighted by atomic mass is 16.5. The summed E-state index contributed by atoms with van der Waals surface area (Å²) in [5, 5.41) is 0. The molecule has 1 heterocycles. The minimum Gasteiger partial charge on any atom is -0.465 e. The minimum atomic E-state index is -0.428. The van der Waals surface area contributed by atoms with E-state index in [1.54, 1.807) is 0 Å². The van der Waals surface area contributed by atoms with Gasteiger partial charge in [0.25, 0.3) is 0 Å². The summed E-state index contributed by atoms with van der Waals surface area (Å²) in [5.41, 5.74) is -0.428. The molecule has 15 heavy (non-hydrogen) atoms. The van der Waals surface area contributed by atoms with Crippen LogP contribution in [0, 0.1) is 19.3 Å². The van der Waals surface area contributed by atoms with Crippen molar-refractivity contribution in [1.82, 2.24) is 0 Å². The Labute approximate surface area is 92.1 Å². The number of hydrogen-bond donors (Lipinski definition) is 0. The Hall–Kier alpha value is -0.570. The van der Waals surface area contributed by atoms with Gasteiger partial charge in [0.05, 0.1) is 12.0 Å². The molecule has 0 spiro atoms. The van der Waals surface area contributed by atoms with Crippen LogP contribution in [0.15, 0.2) is 0 Å². The van der Waals surface area contributed by atoms with Crippen molar-refractivity contribution >= 4 is 5.97 Å². The van der Waals surface area contributed by atoms with Crippen LogP contribution in [0.4, 0.5) is 0 Å². The summed E-state index contributed by atoms with van der Waals surface area (Å²) in [6.45, 7) is 12.3. The number of carbonyl (C=O) groups excluding carboxylic acids is 1. The lowest BCUT2D eigenvalue weighted by Gasteiger charge is -2.34. The summed E-state index contributed by atoms with van der Waals surface area (Å²) < 4.78 is 10.4. The van der Waals surface area contributed by atoms with Crippen LogP contribution < -0.4 is 0 Å². The van der Waals surface area contributed by atoms with Crippen molar-refractivity contribution in [3.8, 4) is 0 Å². The zero-order valence-corrected chi connectivity index (χ0v) is 9.04. The van der Waals surface area contributed by atoms with Gasteiger partial charge in [-0.15, -0.1) is 0 Å². The quantitative estimate of drug-likeness (QED) is 0.650. The van der Waals surface area contributed by atoms with Crippen LogP contribution in [0.1, 0.15) is 32.1 Å². The highest BCUT2D eigenvalue weighted by Crippen LogP contribution is 2.36. The van der Waals surface area contributed by atoms with Gasteiger partial charge in [-0.1, -0.05) is 0 Å². The molecule has 1 rings (SSSR count). The van der Waals surface area contributed by atoms with E-state index in [1.807, 2.05) is 0 Å². The molecule has 0 bridgehead atoms.